The van der Waals surface area contributed by atoms with Crippen molar-refractivity contribution in [1.29, 1.82) is 0 Å². The third-order valence-corrected chi connectivity index (χ3v) is 5.59. The van der Waals surface area contributed by atoms with E-state index in [1.54, 1.807) is 23.1 Å². The number of nitrogens with one attached hydrogen (secondary N) is 2. The molecule has 1 aromatic carbocycles. The standard InChI is InChI=1S/C20H28FN3O2/c21-17-7-3-4-8-18(17)23-20(26)24-13-10-15(11-14-24)9-12-22-19(25)16-5-1-2-6-16/h3-4,7-8,15-16H,1-2,5-6,9-14H2,(H,22,25)(H,23,26). The van der Waals surface area contributed by atoms with Gasteiger partial charge in [0, 0.05) is 25.6 Å². The molecule has 3 amide bonds. The van der Waals surface area contributed by atoms with Gasteiger partial charge in [0.1, 0.15) is 5.82 Å². The topological polar surface area (TPSA) is 61.4 Å². The molecule has 3 rings (SSSR count). The third-order valence-electron chi connectivity index (χ3n) is 5.59. The molecule has 0 aromatic heterocycles. The Morgan fingerprint density at radius 3 is 2.46 bits per heavy atom. The Bertz CT molecular complexity index is 623. The minimum absolute atomic E-state index is 0.212. The number of likely N-dealkylation sites (tertiary alicyclic amines) is 1. The molecule has 5 nitrogen and oxygen atoms in total. The van der Waals surface area contributed by atoms with Crippen LogP contribution in [0.25, 0.3) is 0 Å². The molecule has 1 saturated heterocycles. The molecule has 1 aliphatic carbocycles. The van der Waals surface area contributed by atoms with E-state index >= 15 is 0 Å². The number of halogens is 1. The van der Waals surface area contributed by atoms with Crippen molar-refractivity contribution in [1.82, 2.24) is 10.2 Å². The highest BCUT2D eigenvalue weighted by atomic mass is 19.1. The summed E-state index contributed by atoms with van der Waals surface area (Å²) in [5.74, 6) is 0.535. The van der Waals surface area contributed by atoms with E-state index in [9.17, 15) is 14.0 Å². The van der Waals surface area contributed by atoms with Crippen LogP contribution < -0.4 is 10.6 Å². The van der Waals surface area contributed by atoms with Crippen LogP contribution in [-0.4, -0.2) is 36.5 Å². The molecule has 2 fully saturated rings. The van der Waals surface area contributed by atoms with Crippen LogP contribution in [0.1, 0.15) is 44.9 Å². The molecule has 142 valence electrons. The monoisotopic (exact) mass is 361 g/mol. The molecule has 0 bridgehead atoms. The van der Waals surface area contributed by atoms with Gasteiger partial charge in [-0.15, -0.1) is 0 Å². The number of urea groups is 1. The Morgan fingerprint density at radius 2 is 1.77 bits per heavy atom. The highest BCUT2D eigenvalue weighted by Crippen LogP contribution is 2.25. The lowest BCUT2D eigenvalue weighted by Crippen LogP contribution is -2.41. The van der Waals surface area contributed by atoms with E-state index < -0.39 is 5.82 Å². The lowest BCUT2D eigenvalue weighted by Gasteiger charge is -2.32. The SMILES string of the molecule is O=C(NCCC1CCN(C(=O)Nc2ccccc2F)CC1)C1CCCC1. The Labute approximate surface area is 154 Å². The third kappa shape index (κ3) is 4.96. The molecular weight excluding hydrogens is 333 g/mol. The molecule has 1 aromatic rings. The van der Waals surface area contributed by atoms with Gasteiger partial charge >= 0.3 is 6.03 Å². The first-order valence-electron chi connectivity index (χ1n) is 9.71. The quantitative estimate of drug-likeness (QED) is 0.839. The summed E-state index contributed by atoms with van der Waals surface area (Å²) < 4.78 is 13.6. The molecule has 0 spiro atoms. The zero-order chi connectivity index (χ0) is 18.4. The second-order valence-electron chi connectivity index (χ2n) is 7.40. The van der Waals surface area contributed by atoms with Crippen LogP contribution in [0.5, 0.6) is 0 Å². The van der Waals surface area contributed by atoms with Gasteiger partial charge in [0.05, 0.1) is 5.69 Å². The maximum atomic E-state index is 13.6. The predicted molar refractivity (Wildman–Crippen MR) is 99.3 cm³/mol. The lowest BCUT2D eigenvalue weighted by atomic mass is 9.93. The van der Waals surface area contributed by atoms with E-state index in [0.717, 1.165) is 38.6 Å². The van der Waals surface area contributed by atoms with Crippen LogP contribution in [0.3, 0.4) is 0 Å². The first kappa shape index (κ1) is 18.7. The normalized spacial score (nSPS) is 18.7. The van der Waals surface area contributed by atoms with Crippen molar-refractivity contribution in [3.05, 3.63) is 30.1 Å². The Hall–Kier alpha value is -2.11. The average Bonchev–Trinajstić information content (AvgIpc) is 3.19. The first-order valence-corrected chi connectivity index (χ1v) is 9.71. The van der Waals surface area contributed by atoms with Gasteiger partial charge in [-0.3, -0.25) is 4.79 Å². The number of para-hydroxylation sites is 1. The van der Waals surface area contributed by atoms with Gasteiger partial charge in [-0.25, -0.2) is 9.18 Å². The molecule has 6 heteroatoms. The second kappa shape index (κ2) is 9.01. The summed E-state index contributed by atoms with van der Waals surface area (Å²) in [5, 5.41) is 5.71. The smallest absolute Gasteiger partial charge is 0.321 e. The number of carbonyl (C=O) groups excluding carboxylic acids is 2. The Balaban J connectivity index is 1.35. The molecule has 1 aliphatic heterocycles. The van der Waals surface area contributed by atoms with E-state index in [2.05, 4.69) is 10.6 Å². The number of hydrogen-bond donors (Lipinski definition) is 2. The van der Waals surface area contributed by atoms with Crippen LogP contribution in [0, 0.1) is 17.7 Å². The Morgan fingerprint density at radius 1 is 1.08 bits per heavy atom. The van der Waals surface area contributed by atoms with Gasteiger partial charge in [0.15, 0.2) is 0 Å². The summed E-state index contributed by atoms with van der Waals surface area (Å²) in [6.45, 7) is 2.06. The summed E-state index contributed by atoms with van der Waals surface area (Å²) in [6.07, 6.45) is 7.20. The highest BCUT2D eigenvalue weighted by Gasteiger charge is 2.25. The molecule has 1 saturated carbocycles. The Kier molecular flexibility index (Phi) is 6.47. The minimum atomic E-state index is -0.422. The number of carbonyl (C=O) groups is 2. The zero-order valence-electron chi connectivity index (χ0n) is 15.2. The summed E-state index contributed by atoms with van der Waals surface area (Å²) in [6, 6.07) is 5.95. The van der Waals surface area contributed by atoms with Gasteiger partial charge in [0.2, 0.25) is 5.91 Å². The van der Waals surface area contributed by atoms with Crippen molar-refractivity contribution in [2.24, 2.45) is 11.8 Å². The first-order chi connectivity index (χ1) is 12.6. The fourth-order valence-corrected chi connectivity index (χ4v) is 3.91. The van der Waals surface area contributed by atoms with E-state index in [4.69, 9.17) is 0 Å². The van der Waals surface area contributed by atoms with Crippen molar-refractivity contribution >= 4 is 17.6 Å². The number of hydrogen-bond acceptors (Lipinski definition) is 2. The summed E-state index contributed by atoms with van der Waals surface area (Å²) in [4.78, 5) is 26.0. The molecular formula is C20H28FN3O2. The van der Waals surface area contributed by atoms with Crippen molar-refractivity contribution < 1.29 is 14.0 Å². The fourth-order valence-electron chi connectivity index (χ4n) is 3.91. The van der Waals surface area contributed by atoms with Gasteiger partial charge in [0.25, 0.3) is 0 Å². The largest absolute Gasteiger partial charge is 0.356 e. The number of rotatable bonds is 5. The molecule has 0 radical (unpaired) electrons. The molecule has 2 aliphatic rings. The fraction of sp³-hybridized carbons (Fsp3) is 0.600. The molecule has 0 atom stereocenters. The van der Waals surface area contributed by atoms with Crippen LogP contribution in [-0.2, 0) is 4.79 Å². The summed E-state index contributed by atoms with van der Waals surface area (Å²) in [7, 11) is 0. The molecule has 1 heterocycles. The maximum Gasteiger partial charge on any atom is 0.321 e. The molecule has 2 N–H and O–H groups in total. The zero-order valence-corrected chi connectivity index (χ0v) is 15.2. The van der Waals surface area contributed by atoms with Gasteiger partial charge in [-0.1, -0.05) is 25.0 Å². The second-order valence-corrected chi connectivity index (χ2v) is 7.40. The van der Waals surface area contributed by atoms with Crippen LogP contribution in [0.15, 0.2) is 24.3 Å². The van der Waals surface area contributed by atoms with Gasteiger partial charge in [-0.2, -0.15) is 0 Å². The highest BCUT2D eigenvalue weighted by molar-refractivity contribution is 5.89. The average molecular weight is 361 g/mol. The number of amides is 3. The lowest BCUT2D eigenvalue weighted by molar-refractivity contribution is -0.124. The molecule has 26 heavy (non-hydrogen) atoms. The number of benzene rings is 1. The van der Waals surface area contributed by atoms with E-state index in [0.29, 0.717) is 19.0 Å². The van der Waals surface area contributed by atoms with Gasteiger partial charge in [-0.05, 0) is 50.2 Å². The van der Waals surface area contributed by atoms with Gasteiger partial charge < -0.3 is 15.5 Å². The number of piperidine rings is 1. The summed E-state index contributed by atoms with van der Waals surface area (Å²) >= 11 is 0. The number of nitrogens with zero attached hydrogens (tertiary/aromatic N) is 1. The van der Waals surface area contributed by atoms with E-state index in [1.165, 1.54) is 18.9 Å². The van der Waals surface area contributed by atoms with Crippen LogP contribution in [0.2, 0.25) is 0 Å². The van der Waals surface area contributed by atoms with Crippen LogP contribution >= 0.6 is 0 Å². The van der Waals surface area contributed by atoms with Crippen molar-refractivity contribution in [2.75, 3.05) is 25.0 Å². The predicted octanol–water partition coefficient (Wildman–Crippen LogP) is 3.77. The van der Waals surface area contributed by atoms with E-state index in [1.807, 2.05) is 0 Å². The van der Waals surface area contributed by atoms with E-state index in [-0.39, 0.29) is 23.5 Å². The summed E-state index contributed by atoms with van der Waals surface area (Å²) in [5.41, 5.74) is 0.217. The van der Waals surface area contributed by atoms with Crippen molar-refractivity contribution in [3.8, 4) is 0 Å². The molecule has 0 unspecified atom stereocenters. The minimum Gasteiger partial charge on any atom is -0.356 e. The van der Waals surface area contributed by atoms with Crippen LogP contribution in [0.4, 0.5) is 14.9 Å². The van der Waals surface area contributed by atoms with Crippen molar-refractivity contribution in [3.63, 3.8) is 0 Å². The number of anilines is 1. The van der Waals surface area contributed by atoms with Crippen molar-refractivity contribution in [2.45, 2.75) is 44.9 Å². The maximum absolute atomic E-state index is 13.6.